The molecule has 0 aromatic rings. The summed E-state index contributed by atoms with van der Waals surface area (Å²) in [6.07, 6.45) is 1.56. The summed E-state index contributed by atoms with van der Waals surface area (Å²) in [6, 6.07) is -0.413. The van der Waals surface area contributed by atoms with Crippen molar-refractivity contribution < 1.29 is 14.3 Å². The highest BCUT2D eigenvalue weighted by Crippen LogP contribution is 2.15. The van der Waals surface area contributed by atoms with Crippen molar-refractivity contribution in [1.29, 1.82) is 0 Å². The van der Waals surface area contributed by atoms with Crippen LogP contribution in [0.25, 0.3) is 0 Å². The fraction of sp³-hybridized carbons (Fsp3) is 0.556. The zero-order valence-corrected chi connectivity index (χ0v) is 8.37. The predicted molar refractivity (Wildman–Crippen MR) is 50.5 cm³/mol. The van der Waals surface area contributed by atoms with Crippen LogP contribution in [0, 0.1) is 0 Å². The molecule has 3 amide bonds. The lowest BCUT2D eigenvalue weighted by molar-refractivity contribution is -0.133. The summed E-state index contributed by atoms with van der Waals surface area (Å²) in [5, 5.41) is 2.55. The molecule has 1 saturated heterocycles. The van der Waals surface area contributed by atoms with E-state index in [1.165, 1.54) is 0 Å². The van der Waals surface area contributed by atoms with E-state index in [0.717, 1.165) is 4.90 Å². The molecule has 0 radical (unpaired) electrons. The third-order valence-corrected chi connectivity index (χ3v) is 1.90. The Morgan fingerprint density at radius 2 is 2.21 bits per heavy atom. The average molecular weight is 198 g/mol. The van der Waals surface area contributed by atoms with Crippen LogP contribution in [-0.4, -0.2) is 35.7 Å². The second-order valence-electron chi connectivity index (χ2n) is 3.58. The van der Waals surface area contributed by atoms with E-state index < -0.39 is 11.6 Å². The SMILES string of the molecule is C=CCOCN1C(=O)NC(C)(C)C1=O. The van der Waals surface area contributed by atoms with Crippen molar-refractivity contribution >= 4 is 11.9 Å². The van der Waals surface area contributed by atoms with Gasteiger partial charge in [-0.1, -0.05) is 6.08 Å². The summed E-state index contributed by atoms with van der Waals surface area (Å²) in [5.74, 6) is -0.272. The molecular formula is C9H14N2O3. The first-order valence-electron chi connectivity index (χ1n) is 4.32. The van der Waals surface area contributed by atoms with E-state index in [9.17, 15) is 9.59 Å². The third-order valence-electron chi connectivity index (χ3n) is 1.90. The number of ether oxygens (including phenoxy) is 1. The normalized spacial score (nSPS) is 19.7. The zero-order valence-electron chi connectivity index (χ0n) is 8.37. The Kier molecular flexibility index (Phi) is 2.90. The summed E-state index contributed by atoms with van der Waals surface area (Å²) in [6.45, 7) is 7.06. The molecule has 1 aliphatic heterocycles. The maximum atomic E-state index is 11.6. The van der Waals surface area contributed by atoms with E-state index in [-0.39, 0.29) is 12.6 Å². The van der Waals surface area contributed by atoms with Crippen molar-refractivity contribution in [3.63, 3.8) is 0 Å². The fourth-order valence-electron chi connectivity index (χ4n) is 1.16. The van der Waals surface area contributed by atoms with E-state index in [4.69, 9.17) is 4.74 Å². The van der Waals surface area contributed by atoms with Gasteiger partial charge in [-0.3, -0.25) is 4.79 Å². The number of imide groups is 1. The number of hydrogen-bond donors (Lipinski definition) is 1. The highest BCUT2D eigenvalue weighted by atomic mass is 16.5. The van der Waals surface area contributed by atoms with E-state index in [0.29, 0.717) is 6.61 Å². The van der Waals surface area contributed by atoms with E-state index in [1.807, 2.05) is 0 Å². The largest absolute Gasteiger partial charge is 0.356 e. The summed E-state index contributed by atoms with van der Waals surface area (Å²) in [7, 11) is 0. The van der Waals surface area contributed by atoms with Gasteiger partial charge in [-0.15, -0.1) is 6.58 Å². The molecule has 0 spiro atoms. The number of carbonyl (C=O) groups excluding carboxylic acids is 2. The van der Waals surface area contributed by atoms with E-state index >= 15 is 0 Å². The maximum Gasteiger partial charge on any atom is 0.326 e. The minimum absolute atomic E-state index is 0.0277. The molecule has 0 bridgehead atoms. The Balaban J connectivity index is 2.57. The van der Waals surface area contributed by atoms with Crippen LogP contribution in [0.3, 0.4) is 0 Å². The van der Waals surface area contributed by atoms with Crippen LogP contribution in [0.4, 0.5) is 4.79 Å². The van der Waals surface area contributed by atoms with Gasteiger partial charge in [0.2, 0.25) is 0 Å². The number of carbonyl (C=O) groups is 2. The van der Waals surface area contributed by atoms with E-state index in [2.05, 4.69) is 11.9 Å². The van der Waals surface area contributed by atoms with Gasteiger partial charge in [0, 0.05) is 0 Å². The first kappa shape index (κ1) is 10.7. The Hall–Kier alpha value is -1.36. The van der Waals surface area contributed by atoms with Gasteiger partial charge in [0.1, 0.15) is 12.3 Å². The van der Waals surface area contributed by atoms with Gasteiger partial charge in [-0.2, -0.15) is 0 Å². The lowest BCUT2D eigenvalue weighted by Crippen LogP contribution is -2.40. The lowest BCUT2D eigenvalue weighted by Gasteiger charge is -2.15. The Morgan fingerprint density at radius 3 is 2.64 bits per heavy atom. The number of hydrogen-bond acceptors (Lipinski definition) is 3. The van der Waals surface area contributed by atoms with Crippen molar-refractivity contribution in [3.8, 4) is 0 Å². The molecule has 0 saturated carbocycles. The minimum atomic E-state index is -0.825. The molecule has 1 heterocycles. The number of urea groups is 1. The van der Waals surface area contributed by atoms with Crippen LogP contribution in [-0.2, 0) is 9.53 Å². The first-order chi connectivity index (χ1) is 6.49. The molecular weight excluding hydrogens is 184 g/mol. The second-order valence-corrected chi connectivity index (χ2v) is 3.58. The third kappa shape index (κ3) is 1.93. The number of nitrogens with zero attached hydrogens (tertiary/aromatic N) is 1. The number of amides is 3. The van der Waals surface area contributed by atoms with Crippen molar-refractivity contribution in [3.05, 3.63) is 12.7 Å². The molecule has 1 aliphatic rings. The molecule has 1 N–H and O–H groups in total. The highest BCUT2D eigenvalue weighted by Gasteiger charge is 2.44. The lowest BCUT2D eigenvalue weighted by atomic mass is 10.1. The highest BCUT2D eigenvalue weighted by molar-refractivity contribution is 6.06. The molecule has 14 heavy (non-hydrogen) atoms. The van der Waals surface area contributed by atoms with Crippen LogP contribution in [0.15, 0.2) is 12.7 Å². The molecule has 1 fully saturated rings. The Morgan fingerprint density at radius 1 is 1.57 bits per heavy atom. The average Bonchev–Trinajstić information content (AvgIpc) is 2.27. The first-order valence-corrected chi connectivity index (χ1v) is 4.32. The van der Waals surface area contributed by atoms with Crippen LogP contribution in [0.1, 0.15) is 13.8 Å². The minimum Gasteiger partial charge on any atom is -0.356 e. The zero-order chi connectivity index (χ0) is 10.8. The number of nitrogens with one attached hydrogen (secondary N) is 1. The number of rotatable bonds is 4. The Labute approximate surface area is 82.7 Å². The molecule has 0 aromatic carbocycles. The van der Waals surface area contributed by atoms with Gasteiger partial charge in [-0.05, 0) is 13.8 Å². The van der Waals surface area contributed by atoms with Gasteiger partial charge in [0.25, 0.3) is 5.91 Å². The van der Waals surface area contributed by atoms with E-state index in [1.54, 1.807) is 19.9 Å². The van der Waals surface area contributed by atoms with Crippen molar-refractivity contribution in [1.82, 2.24) is 10.2 Å². The summed E-state index contributed by atoms with van der Waals surface area (Å²) >= 11 is 0. The monoisotopic (exact) mass is 198 g/mol. The topological polar surface area (TPSA) is 58.6 Å². The molecule has 0 aromatic heterocycles. The van der Waals surface area contributed by atoms with Gasteiger partial charge in [0.05, 0.1) is 6.61 Å². The van der Waals surface area contributed by atoms with Crippen molar-refractivity contribution in [2.45, 2.75) is 19.4 Å². The van der Waals surface area contributed by atoms with Crippen LogP contribution in [0.5, 0.6) is 0 Å². The van der Waals surface area contributed by atoms with Crippen LogP contribution in [0.2, 0.25) is 0 Å². The molecule has 5 heteroatoms. The molecule has 0 unspecified atom stereocenters. The molecule has 1 rings (SSSR count). The van der Waals surface area contributed by atoms with Crippen molar-refractivity contribution in [2.24, 2.45) is 0 Å². The van der Waals surface area contributed by atoms with Crippen LogP contribution < -0.4 is 5.32 Å². The smallest absolute Gasteiger partial charge is 0.326 e. The van der Waals surface area contributed by atoms with Crippen molar-refractivity contribution in [2.75, 3.05) is 13.3 Å². The standard InChI is InChI=1S/C9H14N2O3/c1-4-5-14-6-11-7(12)9(2,3)10-8(11)13/h4H,1,5-6H2,2-3H3,(H,10,13). The summed E-state index contributed by atoms with van der Waals surface area (Å²) in [5.41, 5.74) is -0.825. The van der Waals surface area contributed by atoms with Gasteiger partial charge < -0.3 is 10.1 Å². The fourth-order valence-corrected chi connectivity index (χ4v) is 1.16. The molecule has 0 atom stereocenters. The maximum absolute atomic E-state index is 11.6. The predicted octanol–water partition coefficient (Wildman–Crippen LogP) is 0.477. The van der Waals surface area contributed by atoms with Gasteiger partial charge in [0.15, 0.2) is 0 Å². The summed E-state index contributed by atoms with van der Waals surface area (Å²) < 4.78 is 5.03. The second kappa shape index (κ2) is 3.79. The van der Waals surface area contributed by atoms with Gasteiger partial charge >= 0.3 is 6.03 Å². The van der Waals surface area contributed by atoms with Crippen LogP contribution >= 0.6 is 0 Å². The summed E-state index contributed by atoms with van der Waals surface area (Å²) in [4.78, 5) is 23.9. The Bertz CT molecular complexity index is 273. The van der Waals surface area contributed by atoms with Gasteiger partial charge in [-0.25, -0.2) is 9.69 Å². The molecule has 5 nitrogen and oxygen atoms in total. The quantitative estimate of drug-likeness (QED) is 0.406. The molecule has 0 aliphatic carbocycles. The molecule has 78 valence electrons.